The molecule has 0 radical (unpaired) electrons. The summed E-state index contributed by atoms with van der Waals surface area (Å²) in [6.07, 6.45) is 0. The summed E-state index contributed by atoms with van der Waals surface area (Å²) in [7, 11) is 4.06. The number of furan rings is 1. The number of hydrogen-bond donors (Lipinski definition) is 1. The van der Waals surface area contributed by atoms with Crippen LogP contribution in [0.25, 0.3) is 34.2 Å². The molecule has 0 atom stereocenters. The molecule has 130 valence electrons. The molecule has 2 aromatic carbocycles. The third kappa shape index (κ3) is 2.90. The summed E-state index contributed by atoms with van der Waals surface area (Å²) < 4.78 is 6.13. The van der Waals surface area contributed by atoms with Crippen LogP contribution in [0.4, 0.5) is 5.69 Å². The molecule has 1 N–H and O–H groups in total. The summed E-state index contributed by atoms with van der Waals surface area (Å²) in [6.45, 7) is 2.03. The van der Waals surface area contributed by atoms with E-state index in [1.54, 1.807) is 0 Å². The second kappa shape index (κ2) is 6.56. The van der Waals surface area contributed by atoms with Gasteiger partial charge in [-0.05, 0) is 31.2 Å². The average molecular weight is 343 g/mol. The van der Waals surface area contributed by atoms with Crippen molar-refractivity contribution in [2.45, 2.75) is 6.92 Å². The lowest BCUT2D eigenvalue weighted by Crippen LogP contribution is -2.09. The normalized spacial score (nSPS) is 10.9. The molecule has 2 aromatic heterocycles. The molecule has 0 aliphatic carbocycles. The van der Waals surface area contributed by atoms with Gasteiger partial charge in [0.25, 0.3) is 0 Å². The van der Waals surface area contributed by atoms with Gasteiger partial charge in [0.05, 0.1) is 5.69 Å². The molecule has 2 heterocycles. The number of nitrogens with one attached hydrogen (secondary N) is 1. The van der Waals surface area contributed by atoms with Crippen LogP contribution in [0.2, 0.25) is 0 Å². The van der Waals surface area contributed by atoms with E-state index in [4.69, 9.17) is 9.40 Å². The molecule has 0 aliphatic heterocycles. The van der Waals surface area contributed by atoms with Crippen LogP contribution in [0, 0.1) is 6.92 Å². The standard InChI is InChI=1S/C22H21N3O/c1-15-21(16-9-5-4-6-10-16)24-22(23-15)20-14-13-19(26-20)17-11-7-8-12-18(17)25(2)3/h4-14H,1-3H3,(H,23,24). The second-order valence-corrected chi connectivity index (χ2v) is 6.50. The molecule has 0 bridgehead atoms. The first-order valence-corrected chi connectivity index (χ1v) is 8.62. The van der Waals surface area contributed by atoms with Crippen LogP contribution >= 0.6 is 0 Å². The summed E-state index contributed by atoms with van der Waals surface area (Å²) in [5.74, 6) is 2.31. The van der Waals surface area contributed by atoms with Crippen molar-refractivity contribution in [3.8, 4) is 34.2 Å². The first kappa shape index (κ1) is 16.2. The molecule has 4 nitrogen and oxygen atoms in total. The van der Waals surface area contributed by atoms with E-state index in [2.05, 4.69) is 34.1 Å². The van der Waals surface area contributed by atoms with E-state index in [0.29, 0.717) is 0 Å². The zero-order valence-electron chi connectivity index (χ0n) is 15.2. The fourth-order valence-electron chi connectivity index (χ4n) is 3.14. The van der Waals surface area contributed by atoms with Gasteiger partial charge < -0.3 is 14.3 Å². The number of hydrogen-bond acceptors (Lipinski definition) is 3. The van der Waals surface area contributed by atoms with Gasteiger partial charge in [-0.3, -0.25) is 0 Å². The number of H-pyrrole nitrogens is 1. The Kier molecular flexibility index (Phi) is 4.09. The Morgan fingerprint density at radius 1 is 0.846 bits per heavy atom. The molecule has 0 aliphatic rings. The minimum Gasteiger partial charge on any atom is -0.453 e. The molecule has 26 heavy (non-hydrogen) atoms. The van der Waals surface area contributed by atoms with Gasteiger partial charge >= 0.3 is 0 Å². The van der Waals surface area contributed by atoms with Gasteiger partial charge in [0.1, 0.15) is 5.76 Å². The highest BCUT2D eigenvalue weighted by atomic mass is 16.3. The van der Waals surface area contributed by atoms with Crippen LogP contribution in [-0.4, -0.2) is 24.1 Å². The zero-order chi connectivity index (χ0) is 18.1. The predicted molar refractivity (Wildman–Crippen MR) is 106 cm³/mol. The highest BCUT2D eigenvalue weighted by Gasteiger charge is 2.15. The van der Waals surface area contributed by atoms with E-state index in [0.717, 1.165) is 45.5 Å². The van der Waals surface area contributed by atoms with Crippen LogP contribution in [0.1, 0.15) is 5.69 Å². The summed E-state index contributed by atoms with van der Waals surface area (Å²) in [4.78, 5) is 10.2. The molecule has 4 aromatic rings. The largest absolute Gasteiger partial charge is 0.453 e. The maximum absolute atomic E-state index is 6.13. The Balaban J connectivity index is 1.72. The summed E-state index contributed by atoms with van der Waals surface area (Å²) in [5.41, 5.74) is 5.26. The van der Waals surface area contributed by atoms with Crippen LogP contribution in [0.3, 0.4) is 0 Å². The van der Waals surface area contributed by atoms with Crippen molar-refractivity contribution in [2.24, 2.45) is 0 Å². The lowest BCUT2D eigenvalue weighted by Gasteiger charge is -2.15. The SMILES string of the molecule is Cc1[nH]c(-c2ccc(-c3ccccc3N(C)C)o2)nc1-c1ccccc1. The average Bonchev–Trinajstić information content (AvgIpc) is 3.29. The third-order valence-electron chi connectivity index (χ3n) is 4.42. The molecular formula is C22H21N3O. The Labute approximate surface area is 153 Å². The zero-order valence-corrected chi connectivity index (χ0v) is 15.2. The minimum atomic E-state index is 0.735. The maximum Gasteiger partial charge on any atom is 0.174 e. The van der Waals surface area contributed by atoms with Crippen molar-refractivity contribution >= 4 is 5.69 Å². The van der Waals surface area contributed by atoms with Crippen LogP contribution in [0.15, 0.2) is 71.1 Å². The van der Waals surface area contributed by atoms with Crippen molar-refractivity contribution in [1.29, 1.82) is 0 Å². The van der Waals surface area contributed by atoms with E-state index in [9.17, 15) is 0 Å². The smallest absolute Gasteiger partial charge is 0.174 e. The topological polar surface area (TPSA) is 45.1 Å². The van der Waals surface area contributed by atoms with E-state index < -0.39 is 0 Å². The van der Waals surface area contributed by atoms with Gasteiger partial charge in [-0.2, -0.15) is 0 Å². The summed E-state index contributed by atoms with van der Waals surface area (Å²) in [6, 6.07) is 22.4. The fraction of sp³-hybridized carbons (Fsp3) is 0.136. The van der Waals surface area contributed by atoms with Crippen molar-refractivity contribution in [3.63, 3.8) is 0 Å². The van der Waals surface area contributed by atoms with E-state index >= 15 is 0 Å². The highest BCUT2D eigenvalue weighted by molar-refractivity contribution is 5.76. The number of anilines is 1. The molecule has 0 saturated carbocycles. The van der Waals surface area contributed by atoms with Gasteiger partial charge in [-0.15, -0.1) is 0 Å². The van der Waals surface area contributed by atoms with Gasteiger partial charge in [-0.25, -0.2) is 4.98 Å². The number of aryl methyl sites for hydroxylation is 1. The minimum absolute atomic E-state index is 0.735. The summed E-state index contributed by atoms with van der Waals surface area (Å²) >= 11 is 0. The van der Waals surface area contributed by atoms with Gasteiger partial charge in [-0.1, -0.05) is 42.5 Å². The first-order valence-electron chi connectivity index (χ1n) is 8.62. The quantitative estimate of drug-likeness (QED) is 0.541. The monoisotopic (exact) mass is 343 g/mol. The molecule has 0 spiro atoms. The fourth-order valence-corrected chi connectivity index (χ4v) is 3.14. The number of benzene rings is 2. The molecule has 4 rings (SSSR count). The number of para-hydroxylation sites is 1. The second-order valence-electron chi connectivity index (χ2n) is 6.50. The Morgan fingerprint density at radius 3 is 2.31 bits per heavy atom. The van der Waals surface area contributed by atoms with Gasteiger partial charge in [0, 0.05) is 36.6 Å². The number of nitrogens with zero attached hydrogens (tertiary/aromatic N) is 2. The molecule has 0 amide bonds. The molecule has 0 fully saturated rings. The highest BCUT2D eigenvalue weighted by Crippen LogP contribution is 2.34. The van der Waals surface area contributed by atoms with Crippen molar-refractivity contribution in [1.82, 2.24) is 9.97 Å². The molecule has 0 unspecified atom stereocenters. The van der Waals surface area contributed by atoms with Crippen molar-refractivity contribution < 1.29 is 4.42 Å². The van der Waals surface area contributed by atoms with Crippen molar-refractivity contribution in [3.05, 3.63) is 72.4 Å². The van der Waals surface area contributed by atoms with Crippen LogP contribution < -0.4 is 4.90 Å². The molecule has 0 saturated heterocycles. The number of imidazole rings is 1. The molecular weight excluding hydrogens is 322 g/mol. The van der Waals surface area contributed by atoms with Crippen LogP contribution in [0.5, 0.6) is 0 Å². The predicted octanol–water partition coefficient (Wildman–Crippen LogP) is 5.38. The lowest BCUT2D eigenvalue weighted by atomic mass is 10.1. The number of aromatic nitrogens is 2. The Morgan fingerprint density at radius 2 is 1.54 bits per heavy atom. The van der Waals surface area contributed by atoms with E-state index in [1.807, 2.05) is 63.5 Å². The third-order valence-corrected chi connectivity index (χ3v) is 4.42. The van der Waals surface area contributed by atoms with Gasteiger partial charge in [0.2, 0.25) is 0 Å². The number of rotatable bonds is 4. The summed E-state index contributed by atoms with van der Waals surface area (Å²) in [5, 5.41) is 0. The Hall–Kier alpha value is -3.27. The van der Waals surface area contributed by atoms with Crippen molar-refractivity contribution in [2.75, 3.05) is 19.0 Å². The Bertz CT molecular complexity index is 1030. The van der Waals surface area contributed by atoms with E-state index in [-0.39, 0.29) is 0 Å². The van der Waals surface area contributed by atoms with Crippen LogP contribution in [-0.2, 0) is 0 Å². The number of aromatic amines is 1. The lowest BCUT2D eigenvalue weighted by molar-refractivity contribution is 0.593. The van der Waals surface area contributed by atoms with E-state index in [1.165, 1.54) is 0 Å². The first-order chi connectivity index (χ1) is 12.6. The van der Waals surface area contributed by atoms with Gasteiger partial charge in [0.15, 0.2) is 11.6 Å². The maximum atomic E-state index is 6.13. The molecule has 4 heteroatoms.